The van der Waals surface area contributed by atoms with Crippen molar-refractivity contribution in [3.05, 3.63) is 53.7 Å². The van der Waals surface area contributed by atoms with Gasteiger partial charge in [-0.1, -0.05) is 36.4 Å². The lowest BCUT2D eigenvalue weighted by Crippen LogP contribution is -2.49. The van der Waals surface area contributed by atoms with Crippen molar-refractivity contribution in [3.8, 4) is 6.01 Å². The monoisotopic (exact) mass is 431 g/mol. The van der Waals surface area contributed by atoms with Crippen LogP contribution in [0, 0.1) is 0 Å². The SMILES string of the molecule is CCOc1nc2c(c(N3CCN(C(C)=O)CC3)n1)CCN(c1cccc3ccccc13)C2. The number of benzene rings is 2. The molecule has 5 rings (SSSR count). The molecule has 2 aliphatic heterocycles. The number of rotatable bonds is 4. The van der Waals surface area contributed by atoms with Crippen molar-refractivity contribution in [3.63, 3.8) is 0 Å². The average Bonchev–Trinajstić information content (AvgIpc) is 2.83. The highest BCUT2D eigenvalue weighted by atomic mass is 16.5. The van der Waals surface area contributed by atoms with Gasteiger partial charge < -0.3 is 19.4 Å². The molecule has 0 unspecified atom stereocenters. The third kappa shape index (κ3) is 3.83. The van der Waals surface area contributed by atoms with E-state index in [1.54, 1.807) is 6.92 Å². The molecule has 0 aliphatic carbocycles. The van der Waals surface area contributed by atoms with Crippen LogP contribution < -0.4 is 14.5 Å². The highest BCUT2D eigenvalue weighted by Crippen LogP contribution is 2.34. The fourth-order valence-corrected chi connectivity index (χ4v) is 4.77. The largest absolute Gasteiger partial charge is 0.464 e. The molecule has 1 amide bonds. The van der Waals surface area contributed by atoms with E-state index in [2.05, 4.69) is 52.3 Å². The fourth-order valence-electron chi connectivity index (χ4n) is 4.77. The van der Waals surface area contributed by atoms with Gasteiger partial charge in [-0.2, -0.15) is 9.97 Å². The van der Waals surface area contributed by atoms with Crippen LogP contribution in [0.5, 0.6) is 6.01 Å². The molecule has 7 heteroatoms. The fraction of sp³-hybridized carbons (Fsp3) is 0.400. The summed E-state index contributed by atoms with van der Waals surface area (Å²) in [5, 5.41) is 2.51. The number of nitrogens with zero attached hydrogens (tertiary/aromatic N) is 5. The van der Waals surface area contributed by atoms with Crippen molar-refractivity contribution in [2.24, 2.45) is 0 Å². The van der Waals surface area contributed by atoms with Crippen LogP contribution >= 0.6 is 0 Å². The summed E-state index contributed by atoms with van der Waals surface area (Å²) >= 11 is 0. The third-order valence-corrected chi connectivity index (χ3v) is 6.43. The summed E-state index contributed by atoms with van der Waals surface area (Å²) in [5.74, 6) is 1.11. The van der Waals surface area contributed by atoms with Crippen LogP contribution in [-0.4, -0.2) is 60.1 Å². The van der Waals surface area contributed by atoms with E-state index in [4.69, 9.17) is 14.7 Å². The second kappa shape index (κ2) is 8.65. The van der Waals surface area contributed by atoms with Crippen LogP contribution in [0.25, 0.3) is 10.8 Å². The molecule has 0 N–H and O–H groups in total. The summed E-state index contributed by atoms with van der Waals surface area (Å²) in [6.07, 6.45) is 0.882. The van der Waals surface area contributed by atoms with E-state index >= 15 is 0 Å². The second-order valence-electron chi connectivity index (χ2n) is 8.35. The van der Waals surface area contributed by atoms with E-state index in [0.29, 0.717) is 12.6 Å². The Hall–Kier alpha value is -3.35. The third-order valence-electron chi connectivity index (χ3n) is 6.43. The van der Waals surface area contributed by atoms with E-state index in [-0.39, 0.29) is 5.91 Å². The molecule has 2 aromatic carbocycles. The second-order valence-corrected chi connectivity index (χ2v) is 8.35. The highest BCUT2D eigenvalue weighted by Gasteiger charge is 2.28. The van der Waals surface area contributed by atoms with Crippen molar-refractivity contribution in [1.82, 2.24) is 14.9 Å². The first-order chi connectivity index (χ1) is 15.6. The number of piperazine rings is 1. The Kier molecular flexibility index (Phi) is 5.55. The molecule has 0 bridgehead atoms. The van der Waals surface area contributed by atoms with Gasteiger partial charge in [0.2, 0.25) is 5.91 Å². The van der Waals surface area contributed by atoms with Crippen LogP contribution in [0.1, 0.15) is 25.1 Å². The Morgan fingerprint density at radius 3 is 2.53 bits per heavy atom. The first-order valence-corrected chi connectivity index (χ1v) is 11.4. The number of hydrogen-bond donors (Lipinski definition) is 0. The molecule has 0 saturated carbocycles. The normalized spacial score (nSPS) is 16.2. The average molecular weight is 432 g/mol. The summed E-state index contributed by atoms with van der Waals surface area (Å²) < 4.78 is 5.74. The maximum atomic E-state index is 11.7. The van der Waals surface area contributed by atoms with Crippen molar-refractivity contribution >= 4 is 28.2 Å². The van der Waals surface area contributed by atoms with E-state index in [9.17, 15) is 4.79 Å². The molecule has 3 aromatic rings. The molecule has 0 radical (unpaired) electrons. The van der Waals surface area contributed by atoms with E-state index in [1.165, 1.54) is 22.0 Å². The number of amides is 1. The summed E-state index contributed by atoms with van der Waals surface area (Å²) in [5.41, 5.74) is 3.48. The molecular weight excluding hydrogens is 402 g/mol. The first kappa shape index (κ1) is 20.5. The van der Waals surface area contributed by atoms with Gasteiger partial charge in [-0.25, -0.2) is 0 Å². The number of ether oxygens (including phenoxy) is 1. The molecule has 0 atom stereocenters. The lowest BCUT2D eigenvalue weighted by Gasteiger charge is -2.38. The molecule has 0 spiro atoms. The Morgan fingerprint density at radius 2 is 1.75 bits per heavy atom. The van der Waals surface area contributed by atoms with Crippen LogP contribution in [0.2, 0.25) is 0 Å². The van der Waals surface area contributed by atoms with E-state index < -0.39 is 0 Å². The summed E-state index contributed by atoms with van der Waals surface area (Å²) in [4.78, 5) is 27.9. The zero-order chi connectivity index (χ0) is 22.1. The van der Waals surface area contributed by atoms with Gasteiger partial charge in [-0.3, -0.25) is 4.79 Å². The van der Waals surface area contributed by atoms with Crippen LogP contribution in [0.3, 0.4) is 0 Å². The molecule has 7 nitrogen and oxygen atoms in total. The van der Waals surface area contributed by atoms with Crippen molar-refractivity contribution in [1.29, 1.82) is 0 Å². The van der Waals surface area contributed by atoms with Gasteiger partial charge in [-0.15, -0.1) is 0 Å². The zero-order valence-corrected chi connectivity index (χ0v) is 18.8. The first-order valence-electron chi connectivity index (χ1n) is 11.4. The number of fused-ring (bicyclic) bond motifs is 2. The van der Waals surface area contributed by atoms with Gasteiger partial charge in [0, 0.05) is 56.3 Å². The minimum absolute atomic E-state index is 0.134. The highest BCUT2D eigenvalue weighted by molar-refractivity contribution is 5.94. The van der Waals surface area contributed by atoms with Crippen LogP contribution in [-0.2, 0) is 17.8 Å². The summed E-state index contributed by atoms with van der Waals surface area (Å²) in [7, 11) is 0. The molecule has 166 valence electrons. The quantitative estimate of drug-likeness (QED) is 0.632. The smallest absolute Gasteiger partial charge is 0.318 e. The molecule has 1 fully saturated rings. The van der Waals surface area contributed by atoms with E-state index in [1.807, 2.05) is 11.8 Å². The van der Waals surface area contributed by atoms with E-state index in [0.717, 1.165) is 57.2 Å². The summed E-state index contributed by atoms with van der Waals surface area (Å²) in [6.45, 7) is 8.77. The van der Waals surface area contributed by atoms with Gasteiger partial charge in [0.15, 0.2) is 0 Å². The number of carbonyl (C=O) groups is 1. The molecule has 32 heavy (non-hydrogen) atoms. The van der Waals surface area contributed by atoms with Crippen LogP contribution in [0.15, 0.2) is 42.5 Å². The molecular formula is C25H29N5O2. The Balaban J connectivity index is 1.47. The lowest BCUT2D eigenvalue weighted by molar-refractivity contribution is -0.129. The van der Waals surface area contributed by atoms with Crippen molar-refractivity contribution < 1.29 is 9.53 Å². The Labute approximate surface area is 188 Å². The van der Waals surface area contributed by atoms with Gasteiger partial charge in [-0.05, 0) is 24.8 Å². The molecule has 2 aliphatic rings. The maximum Gasteiger partial charge on any atom is 0.318 e. The van der Waals surface area contributed by atoms with Gasteiger partial charge in [0.25, 0.3) is 0 Å². The zero-order valence-electron chi connectivity index (χ0n) is 18.8. The minimum Gasteiger partial charge on any atom is -0.464 e. The Morgan fingerprint density at radius 1 is 0.969 bits per heavy atom. The molecule has 1 aromatic heterocycles. The van der Waals surface area contributed by atoms with Gasteiger partial charge >= 0.3 is 6.01 Å². The predicted octanol–water partition coefficient (Wildman–Crippen LogP) is 3.26. The maximum absolute atomic E-state index is 11.7. The minimum atomic E-state index is 0.134. The predicted molar refractivity (Wildman–Crippen MR) is 126 cm³/mol. The van der Waals surface area contributed by atoms with Crippen LogP contribution in [0.4, 0.5) is 11.5 Å². The number of aromatic nitrogens is 2. The molecule has 1 saturated heterocycles. The van der Waals surface area contributed by atoms with Gasteiger partial charge in [0.1, 0.15) is 5.82 Å². The van der Waals surface area contributed by atoms with Crippen molar-refractivity contribution in [2.75, 3.05) is 49.1 Å². The number of anilines is 2. The Bertz CT molecular complexity index is 1140. The molecule has 3 heterocycles. The topological polar surface area (TPSA) is 61.8 Å². The standard InChI is InChI=1S/C25H29N5O2/c1-3-32-25-26-22-17-30(23-10-6-8-19-7-4-5-9-20(19)23)12-11-21(22)24(27-25)29-15-13-28(14-16-29)18(2)31/h4-10H,3,11-17H2,1-2H3. The number of carbonyl (C=O) groups excluding carboxylic acids is 1. The number of hydrogen-bond acceptors (Lipinski definition) is 6. The lowest BCUT2D eigenvalue weighted by atomic mass is 10.0. The van der Waals surface area contributed by atoms with Gasteiger partial charge in [0.05, 0.1) is 18.8 Å². The van der Waals surface area contributed by atoms with Crippen molar-refractivity contribution in [2.45, 2.75) is 26.8 Å². The summed E-state index contributed by atoms with van der Waals surface area (Å²) in [6, 6.07) is 15.4.